The first-order chi connectivity index (χ1) is 9.63. The van der Waals surface area contributed by atoms with Gasteiger partial charge in [0.25, 0.3) is 0 Å². The van der Waals surface area contributed by atoms with Gasteiger partial charge < -0.3 is 10.5 Å². The Kier molecular flexibility index (Phi) is 5.30. The van der Waals surface area contributed by atoms with Crippen molar-refractivity contribution in [2.75, 3.05) is 6.61 Å². The van der Waals surface area contributed by atoms with E-state index in [1.165, 1.54) is 0 Å². The van der Waals surface area contributed by atoms with E-state index in [2.05, 4.69) is 6.92 Å². The van der Waals surface area contributed by atoms with Gasteiger partial charge in [0.05, 0.1) is 22.7 Å². The molecule has 0 radical (unpaired) electrons. The fraction of sp³-hybridized carbons (Fsp3) is 0.250. The van der Waals surface area contributed by atoms with Gasteiger partial charge in [0.1, 0.15) is 5.75 Å². The van der Waals surface area contributed by atoms with Crippen LogP contribution in [0.25, 0.3) is 0 Å². The summed E-state index contributed by atoms with van der Waals surface area (Å²) in [7, 11) is 0. The van der Waals surface area contributed by atoms with Crippen molar-refractivity contribution in [1.29, 1.82) is 0 Å². The minimum absolute atomic E-state index is 0.304. The highest BCUT2D eigenvalue weighted by molar-refractivity contribution is 6.42. The average Bonchev–Trinajstić information content (AvgIpc) is 2.48. The van der Waals surface area contributed by atoms with Crippen LogP contribution < -0.4 is 10.5 Å². The summed E-state index contributed by atoms with van der Waals surface area (Å²) in [6.07, 6.45) is 0.986. The van der Waals surface area contributed by atoms with Crippen LogP contribution >= 0.6 is 23.2 Å². The normalized spacial score (nSPS) is 12.2. The van der Waals surface area contributed by atoms with Crippen LogP contribution in [0.4, 0.5) is 0 Å². The van der Waals surface area contributed by atoms with Gasteiger partial charge in [-0.15, -0.1) is 0 Å². The number of hydrogen-bond acceptors (Lipinski definition) is 2. The van der Waals surface area contributed by atoms with E-state index >= 15 is 0 Å². The summed E-state index contributed by atoms with van der Waals surface area (Å²) in [6.45, 7) is 2.79. The second kappa shape index (κ2) is 6.98. The van der Waals surface area contributed by atoms with Crippen molar-refractivity contribution >= 4 is 23.2 Å². The molecule has 1 atom stereocenters. The predicted molar refractivity (Wildman–Crippen MR) is 84.7 cm³/mol. The molecule has 1 unspecified atom stereocenters. The summed E-state index contributed by atoms with van der Waals surface area (Å²) >= 11 is 12.2. The summed E-state index contributed by atoms with van der Waals surface area (Å²) in [5.74, 6) is 0.847. The highest BCUT2D eigenvalue weighted by Crippen LogP contribution is 2.32. The van der Waals surface area contributed by atoms with Crippen LogP contribution in [0.3, 0.4) is 0 Å². The van der Waals surface area contributed by atoms with Crippen molar-refractivity contribution in [3.05, 3.63) is 63.6 Å². The van der Waals surface area contributed by atoms with E-state index < -0.39 is 0 Å². The van der Waals surface area contributed by atoms with E-state index in [0.29, 0.717) is 16.7 Å². The van der Waals surface area contributed by atoms with E-state index in [0.717, 1.165) is 23.3 Å². The number of rotatable bonds is 5. The van der Waals surface area contributed by atoms with Crippen LogP contribution in [0.2, 0.25) is 10.0 Å². The molecule has 106 valence electrons. The van der Waals surface area contributed by atoms with Gasteiger partial charge in [-0.1, -0.05) is 54.4 Å². The molecular formula is C16H17Cl2NO. The lowest BCUT2D eigenvalue weighted by Crippen LogP contribution is -2.12. The Balaban J connectivity index is 2.20. The molecular weight excluding hydrogens is 293 g/mol. The van der Waals surface area contributed by atoms with Gasteiger partial charge in [-0.25, -0.2) is 0 Å². The van der Waals surface area contributed by atoms with E-state index in [1.807, 2.05) is 36.4 Å². The molecule has 0 heterocycles. The Labute approximate surface area is 129 Å². The molecule has 20 heavy (non-hydrogen) atoms. The fourth-order valence-electron chi connectivity index (χ4n) is 1.93. The molecule has 0 bridgehead atoms. The standard InChI is InChI=1S/C16H17Cl2NO/c1-2-10-20-12-8-6-11(7-9-12)16(19)13-4-3-5-14(17)15(13)18/h3-9,16H,2,10,19H2,1H3. The maximum Gasteiger partial charge on any atom is 0.119 e. The molecule has 2 aromatic carbocycles. The largest absolute Gasteiger partial charge is 0.494 e. The lowest BCUT2D eigenvalue weighted by Gasteiger charge is -2.15. The minimum Gasteiger partial charge on any atom is -0.494 e. The maximum absolute atomic E-state index is 6.25. The van der Waals surface area contributed by atoms with Crippen LogP contribution in [0.5, 0.6) is 5.75 Å². The molecule has 2 nitrogen and oxygen atoms in total. The molecule has 0 spiro atoms. The molecule has 2 N–H and O–H groups in total. The van der Waals surface area contributed by atoms with Gasteiger partial charge in [-0.05, 0) is 35.7 Å². The van der Waals surface area contributed by atoms with E-state index in [4.69, 9.17) is 33.7 Å². The summed E-state index contributed by atoms with van der Waals surface area (Å²) in [4.78, 5) is 0. The Morgan fingerprint density at radius 3 is 2.45 bits per heavy atom. The van der Waals surface area contributed by atoms with E-state index in [-0.39, 0.29) is 6.04 Å². The highest BCUT2D eigenvalue weighted by atomic mass is 35.5. The first-order valence-corrected chi connectivity index (χ1v) is 7.31. The number of benzene rings is 2. The third-order valence-electron chi connectivity index (χ3n) is 3.03. The van der Waals surface area contributed by atoms with Crippen LogP contribution in [0.15, 0.2) is 42.5 Å². The van der Waals surface area contributed by atoms with Gasteiger partial charge in [0.2, 0.25) is 0 Å². The van der Waals surface area contributed by atoms with Gasteiger partial charge in [0, 0.05) is 0 Å². The first-order valence-electron chi connectivity index (χ1n) is 6.55. The lowest BCUT2D eigenvalue weighted by molar-refractivity contribution is 0.317. The molecule has 0 amide bonds. The molecule has 0 aliphatic carbocycles. The molecule has 4 heteroatoms. The van der Waals surface area contributed by atoms with Gasteiger partial charge in [-0.2, -0.15) is 0 Å². The first kappa shape index (κ1) is 15.2. The second-order valence-corrected chi connectivity index (χ2v) is 5.32. The zero-order chi connectivity index (χ0) is 14.5. The molecule has 0 fully saturated rings. The third-order valence-corrected chi connectivity index (χ3v) is 3.86. The van der Waals surface area contributed by atoms with Crippen LogP contribution in [0, 0.1) is 0 Å². The zero-order valence-electron chi connectivity index (χ0n) is 11.3. The van der Waals surface area contributed by atoms with Crippen LogP contribution in [-0.4, -0.2) is 6.61 Å². The number of nitrogens with two attached hydrogens (primary N) is 1. The number of hydrogen-bond donors (Lipinski definition) is 1. The topological polar surface area (TPSA) is 35.2 Å². The van der Waals surface area contributed by atoms with Crippen molar-refractivity contribution in [2.45, 2.75) is 19.4 Å². The van der Waals surface area contributed by atoms with Crippen molar-refractivity contribution < 1.29 is 4.74 Å². The molecule has 0 saturated carbocycles. The molecule has 0 aliphatic heterocycles. The van der Waals surface area contributed by atoms with Crippen molar-refractivity contribution in [3.63, 3.8) is 0 Å². The molecule has 2 aromatic rings. The number of halogens is 2. The zero-order valence-corrected chi connectivity index (χ0v) is 12.8. The Hall–Kier alpha value is -1.22. The minimum atomic E-state index is -0.304. The SMILES string of the molecule is CCCOc1ccc(C(N)c2cccc(Cl)c2Cl)cc1. The fourth-order valence-corrected chi connectivity index (χ4v) is 2.36. The lowest BCUT2D eigenvalue weighted by atomic mass is 9.99. The number of ether oxygens (including phenoxy) is 1. The third kappa shape index (κ3) is 3.45. The molecule has 0 aliphatic rings. The average molecular weight is 310 g/mol. The van der Waals surface area contributed by atoms with Crippen molar-refractivity contribution in [3.8, 4) is 5.75 Å². The van der Waals surface area contributed by atoms with E-state index in [1.54, 1.807) is 6.07 Å². The second-order valence-electron chi connectivity index (χ2n) is 4.54. The van der Waals surface area contributed by atoms with Gasteiger partial charge >= 0.3 is 0 Å². The van der Waals surface area contributed by atoms with Gasteiger partial charge in [0.15, 0.2) is 0 Å². The Morgan fingerprint density at radius 1 is 1.10 bits per heavy atom. The Bertz CT molecular complexity index is 569. The quantitative estimate of drug-likeness (QED) is 0.858. The van der Waals surface area contributed by atoms with Crippen molar-refractivity contribution in [2.24, 2.45) is 5.73 Å². The smallest absolute Gasteiger partial charge is 0.119 e. The predicted octanol–water partition coefficient (Wildman–Crippen LogP) is 4.83. The monoisotopic (exact) mass is 309 g/mol. The summed E-state index contributed by atoms with van der Waals surface area (Å²) in [5, 5.41) is 1.02. The van der Waals surface area contributed by atoms with Crippen molar-refractivity contribution in [1.82, 2.24) is 0 Å². The summed E-state index contributed by atoms with van der Waals surface area (Å²) in [6, 6.07) is 12.9. The van der Waals surface area contributed by atoms with Crippen LogP contribution in [0.1, 0.15) is 30.5 Å². The van der Waals surface area contributed by atoms with E-state index in [9.17, 15) is 0 Å². The summed E-state index contributed by atoms with van der Waals surface area (Å²) in [5.41, 5.74) is 8.04. The molecule has 0 saturated heterocycles. The molecule has 0 aromatic heterocycles. The Morgan fingerprint density at radius 2 is 1.80 bits per heavy atom. The van der Waals surface area contributed by atoms with Gasteiger partial charge in [-0.3, -0.25) is 0 Å². The van der Waals surface area contributed by atoms with Crippen LogP contribution in [-0.2, 0) is 0 Å². The molecule has 2 rings (SSSR count). The maximum atomic E-state index is 6.25. The highest BCUT2D eigenvalue weighted by Gasteiger charge is 2.14. The summed E-state index contributed by atoms with van der Waals surface area (Å²) < 4.78 is 5.55.